The number of hydrogen-bond donors (Lipinski definition) is 1. The van der Waals surface area contributed by atoms with E-state index >= 15 is 0 Å². The minimum atomic E-state index is 0.0393. The van der Waals surface area contributed by atoms with Crippen LogP contribution < -0.4 is 9.80 Å². The van der Waals surface area contributed by atoms with E-state index in [1.807, 2.05) is 53.4 Å². The van der Waals surface area contributed by atoms with E-state index in [-0.39, 0.29) is 5.91 Å². The largest absolute Gasteiger partial charge is 0.356 e. The van der Waals surface area contributed by atoms with Gasteiger partial charge >= 0.3 is 0 Å². The molecule has 4 heterocycles. The third kappa shape index (κ3) is 3.23. The molecular formula is C26H25N5O. The first-order chi connectivity index (χ1) is 15.8. The topological polar surface area (TPSA) is 65.1 Å². The van der Waals surface area contributed by atoms with Crippen LogP contribution in [0.5, 0.6) is 0 Å². The molecule has 6 nitrogen and oxygen atoms in total. The normalized spacial score (nSPS) is 16.5. The van der Waals surface area contributed by atoms with E-state index in [0.29, 0.717) is 11.5 Å². The van der Waals surface area contributed by atoms with Crippen LogP contribution in [0.4, 0.5) is 11.5 Å². The van der Waals surface area contributed by atoms with E-state index < -0.39 is 0 Å². The summed E-state index contributed by atoms with van der Waals surface area (Å²) in [4.78, 5) is 30.6. The van der Waals surface area contributed by atoms with Crippen LogP contribution >= 0.6 is 0 Å². The van der Waals surface area contributed by atoms with E-state index in [1.165, 1.54) is 5.56 Å². The Balaban J connectivity index is 1.22. The SMILES string of the molecule is O=C(c1cccnc1N1CCC(c2nc3ccccc3[nH]2)CC1)N1CCc2ccccc21. The van der Waals surface area contributed by atoms with Gasteiger partial charge in [-0.2, -0.15) is 0 Å². The Labute approximate surface area is 186 Å². The highest BCUT2D eigenvalue weighted by molar-refractivity contribution is 6.10. The molecule has 2 aromatic carbocycles. The number of carbonyl (C=O) groups excluding carboxylic acids is 1. The predicted molar refractivity (Wildman–Crippen MR) is 126 cm³/mol. The number of hydrogen-bond acceptors (Lipinski definition) is 4. The molecule has 2 aliphatic heterocycles. The van der Waals surface area contributed by atoms with Crippen LogP contribution in [0.1, 0.15) is 40.5 Å². The van der Waals surface area contributed by atoms with Crippen LogP contribution in [-0.2, 0) is 6.42 Å². The number of carbonyl (C=O) groups is 1. The molecule has 2 aliphatic rings. The summed E-state index contributed by atoms with van der Waals surface area (Å²) in [5.74, 6) is 2.30. The van der Waals surface area contributed by atoms with Crippen molar-refractivity contribution in [2.24, 2.45) is 0 Å². The van der Waals surface area contributed by atoms with E-state index in [2.05, 4.69) is 27.0 Å². The van der Waals surface area contributed by atoms with Crippen LogP contribution in [0.25, 0.3) is 11.0 Å². The summed E-state index contributed by atoms with van der Waals surface area (Å²) < 4.78 is 0. The number of amides is 1. The molecule has 0 saturated carbocycles. The molecule has 1 fully saturated rings. The number of nitrogens with zero attached hydrogens (tertiary/aromatic N) is 4. The fourth-order valence-electron chi connectivity index (χ4n) is 5.04. The van der Waals surface area contributed by atoms with Crippen LogP contribution in [0, 0.1) is 0 Å². The van der Waals surface area contributed by atoms with Crippen molar-refractivity contribution in [2.45, 2.75) is 25.2 Å². The molecule has 160 valence electrons. The van der Waals surface area contributed by atoms with Gasteiger partial charge < -0.3 is 14.8 Å². The highest BCUT2D eigenvalue weighted by Gasteiger charge is 2.30. The van der Waals surface area contributed by atoms with Gasteiger partial charge in [0.15, 0.2) is 0 Å². The van der Waals surface area contributed by atoms with Gasteiger partial charge in [-0.05, 0) is 55.2 Å². The van der Waals surface area contributed by atoms with E-state index in [1.54, 1.807) is 6.20 Å². The Hall–Kier alpha value is -3.67. The Morgan fingerprint density at radius 3 is 2.62 bits per heavy atom. The summed E-state index contributed by atoms with van der Waals surface area (Å²) in [7, 11) is 0. The second-order valence-electron chi connectivity index (χ2n) is 8.61. The molecule has 0 radical (unpaired) electrons. The first kappa shape index (κ1) is 19.0. The summed E-state index contributed by atoms with van der Waals surface area (Å²) in [6, 6.07) is 20.1. The lowest BCUT2D eigenvalue weighted by Gasteiger charge is -2.33. The maximum Gasteiger partial charge on any atom is 0.262 e. The molecular weight excluding hydrogens is 398 g/mol. The number of imidazole rings is 1. The van der Waals surface area contributed by atoms with Gasteiger partial charge in [-0.1, -0.05) is 30.3 Å². The lowest BCUT2D eigenvalue weighted by molar-refractivity contribution is 0.0989. The molecule has 0 atom stereocenters. The number of anilines is 2. The number of benzene rings is 2. The van der Waals surface area contributed by atoms with E-state index in [4.69, 9.17) is 4.98 Å². The van der Waals surface area contributed by atoms with Gasteiger partial charge in [0.25, 0.3) is 5.91 Å². The first-order valence-corrected chi connectivity index (χ1v) is 11.3. The van der Waals surface area contributed by atoms with Crippen molar-refractivity contribution in [1.29, 1.82) is 0 Å². The van der Waals surface area contributed by atoms with Gasteiger partial charge in [0.2, 0.25) is 0 Å². The van der Waals surface area contributed by atoms with E-state index in [0.717, 1.165) is 67.3 Å². The van der Waals surface area contributed by atoms with Crippen molar-refractivity contribution in [3.05, 3.63) is 83.8 Å². The number of para-hydroxylation sites is 3. The second kappa shape index (κ2) is 7.79. The average Bonchev–Trinajstić information content (AvgIpc) is 3.48. The fourth-order valence-corrected chi connectivity index (χ4v) is 5.04. The summed E-state index contributed by atoms with van der Waals surface area (Å²) in [6.45, 7) is 2.44. The first-order valence-electron chi connectivity index (χ1n) is 11.3. The summed E-state index contributed by atoms with van der Waals surface area (Å²) in [6.07, 6.45) is 4.66. The number of nitrogens with one attached hydrogen (secondary N) is 1. The van der Waals surface area contributed by atoms with Crippen LogP contribution in [-0.4, -0.2) is 40.5 Å². The lowest BCUT2D eigenvalue weighted by atomic mass is 9.96. The zero-order valence-corrected chi connectivity index (χ0v) is 17.9. The van der Waals surface area contributed by atoms with Crippen molar-refractivity contribution in [3.8, 4) is 0 Å². The fraction of sp³-hybridized carbons (Fsp3) is 0.269. The summed E-state index contributed by atoms with van der Waals surface area (Å²) in [5, 5.41) is 0. The van der Waals surface area contributed by atoms with Crippen molar-refractivity contribution in [3.63, 3.8) is 0 Å². The quantitative estimate of drug-likeness (QED) is 0.525. The highest BCUT2D eigenvalue weighted by Crippen LogP contribution is 2.33. The molecule has 1 amide bonds. The van der Waals surface area contributed by atoms with Crippen LogP contribution in [0.15, 0.2) is 66.9 Å². The zero-order chi connectivity index (χ0) is 21.5. The molecule has 6 rings (SSSR count). The minimum Gasteiger partial charge on any atom is -0.356 e. The molecule has 4 aromatic rings. The molecule has 0 aliphatic carbocycles. The molecule has 2 aromatic heterocycles. The maximum atomic E-state index is 13.5. The zero-order valence-electron chi connectivity index (χ0n) is 17.9. The van der Waals surface area contributed by atoms with E-state index in [9.17, 15) is 4.79 Å². The van der Waals surface area contributed by atoms with Crippen molar-refractivity contribution >= 4 is 28.4 Å². The third-order valence-corrected chi connectivity index (χ3v) is 6.74. The Morgan fingerprint density at radius 1 is 0.938 bits per heavy atom. The van der Waals surface area contributed by atoms with Gasteiger partial charge in [-0.3, -0.25) is 4.79 Å². The van der Waals surface area contributed by atoms with Gasteiger partial charge in [-0.15, -0.1) is 0 Å². The molecule has 0 bridgehead atoms. The van der Waals surface area contributed by atoms with Gasteiger partial charge in [0.05, 0.1) is 16.6 Å². The number of H-pyrrole nitrogens is 1. The minimum absolute atomic E-state index is 0.0393. The molecule has 1 N–H and O–H groups in total. The molecule has 0 spiro atoms. The Kier molecular flexibility index (Phi) is 4.63. The molecule has 1 saturated heterocycles. The molecule has 6 heteroatoms. The van der Waals surface area contributed by atoms with Gasteiger partial charge in [-0.25, -0.2) is 9.97 Å². The number of pyridine rings is 1. The number of rotatable bonds is 3. The summed E-state index contributed by atoms with van der Waals surface area (Å²) >= 11 is 0. The van der Waals surface area contributed by atoms with Gasteiger partial charge in [0.1, 0.15) is 11.6 Å². The molecule has 32 heavy (non-hydrogen) atoms. The maximum absolute atomic E-state index is 13.5. The smallest absolute Gasteiger partial charge is 0.262 e. The number of piperidine rings is 1. The average molecular weight is 424 g/mol. The monoisotopic (exact) mass is 423 g/mol. The molecule has 0 unspecified atom stereocenters. The lowest BCUT2D eigenvalue weighted by Crippen LogP contribution is -2.37. The highest BCUT2D eigenvalue weighted by atomic mass is 16.2. The number of aromatic nitrogens is 3. The number of fused-ring (bicyclic) bond motifs is 2. The van der Waals surface area contributed by atoms with Gasteiger partial charge in [0, 0.05) is 37.4 Å². The van der Waals surface area contributed by atoms with Crippen LogP contribution in [0.2, 0.25) is 0 Å². The van der Waals surface area contributed by atoms with Crippen molar-refractivity contribution in [1.82, 2.24) is 15.0 Å². The van der Waals surface area contributed by atoms with Crippen LogP contribution in [0.3, 0.4) is 0 Å². The second-order valence-corrected chi connectivity index (χ2v) is 8.61. The predicted octanol–water partition coefficient (Wildman–Crippen LogP) is 4.54. The Morgan fingerprint density at radius 2 is 1.75 bits per heavy atom. The van der Waals surface area contributed by atoms with Crippen molar-refractivity contribution in [2.75, 3.05) is 29.4 Å². The number of aromatic amines is 1. The standard InChI is InChI=1S/C26H25N5O/c32-26(31-17-13-18-6-1-4-10-23(18)31)20-7-5-14-27-25(20)30-15-11-19(12-16-30)24-28-21-8-2-3-9-22(21)29-24/h1-10,14,19H,11-13,15-17H2,(H,28,29). The van der Waals surface area contributed by atoms with Crippen molar-refractivity contribution < 1.29 is 4.79 Å². The summed E-state index contributed by atoms with van der Waals surface area (Å²) in [5.41, 5.74) is 5.06. The third-order valence-electron chi connectivity index (χ3n) is 6.74. The Bertz CT molecular complexity index is 1260.